The van der Waals surface area contributed by atoms with Crippen molar-refractivity contribution in [2.24, 2.45) is 5.10 Å². The van der Waals surface area contributed by atoms with Crippen LogP contribution < -0.4 is 0 Å². The van der Waals surface area contributed by atoms with Gasteiger partial charge >= 0.3 is 0 Å². The summed E-state index contributed by atoms with van der Waals surface area (Å²) in [4.78, 5) is 15.2. The van der Waals surface area contributed by atoms with E-state index in [1.807, 2.05) is 35.0 Å². The summed E-state index contributed by atoms with van der Waals surface area (Å²) in [7, 11) is 0. The second-order valence-electron chi connectivity index (χ2n) is 6.64. The first-order valence-corrected chi connectivity index (χ1v) is 12.1. The van der Waals surface area contributed by atoms with Gasteiger partial charge in [0.25, 0.3) is 17.0 Å². The average molecular weight is 471 g/mol. The minimum atomic E-state index is -0.440. The van der Waals surface area contributed by atoms with Gasteiger partial charge in [-0.3, -0.25) is 4.79 Å². The Balaban J connectivity index is 1.31. The van der Waals surface area contributed by atoms with E-state index >= 15 is 0 Å². The number of rotatable bonds is 6. The third-order valence-corrected chi connectivity index (χ3v) is 7.37. The highest BCUT2D eigenvalue weighted by Gasteiger charge is 2.34. The predicted molar refractivity (Wildman–Crippen MR) is 120 cm³/mol. The molecule has 1 atom stereocenters. The Bertz CT molecular complexity index is 1220. The van der Waals surface area contributed by atoms with Crippen molar-refractivity contribution in [3.8, 4) is 11.5 Å². The monoisotopic (exact) mass is 470 g/mol. The number of carbonyl (C=O) groups excluding carboxylic acids is 1. The molecule has 0 bridgehead atoms. The van der Waals surface area contributed by atoms with E-state index < -0.39 is 5.82 Å². The first-order valence-electron chi connectivity index (χ1n) is 9.37. The van der Waals surface area contributed by atoms with Crippen LogP contribution in [0.4, 0.5) is 4.39 Å². The van der Waals surface area contributed by atoms with Crippen LogP contribution in [0.25, 0.3) is 11.5 Å². The van der Waals surface area contributed by atoms with Crippen molar-refractivity contribution in [3.05, 3.63) is 74.9 Å². The molecule has 10 heteroatoms. The standard InChI is InChI=1S/C21H15FN4O2S3/c22-14-6-2-1-5-13(14)20-23-24-21(28-20)31-12-19(27)26-16(18-8-4-10-30-18)11-15(25-26)17-7-3-9-29-17/h1-10,16H,11-12H2/t16-/m1/s1. The molecule has 0 unspecified atom stereocenters. The van der Waals surface area contributed by atoms with Crippen LogP contribution in [0.3, 0.4) is 0 Å². The summed E-state index contributed by atoms with van der Waals surface area (Å²) in [5.74, 6) is -0.420. The maximum Gasteiger partial charge on any atom is 0.277 e. The predicted octanol–water partition coefficient (Wildman–Crippen LogP) is 5.47. The van der Waals surface area contributed by atoms with Gasteiger partial charge in [-0.25, -0.2) is 9.40 Å². The molecule has 156 valence electrons. The molecule has 1 aliphatic rings. The van der Waals surface area contributed by atoms with E-state index in [2.05, 4.69) is 15.3 Å². The van der Waals surface area contributed by atoms with E-state index in [1.54, 1.807) is 45.9 Å². The van der Waals surface area contributed by atoms with Crippen LogP contribution in [0.5, 0.6) is 0 Å². The molecule has 6 nitrogen and oxygen atoms in total. The molecule has 3 aromatic heterocycles. The van der Waals surface area contributed by atoms with Gasteiger partial charge < -0.3 is 4.42 Å². The quantitative estimate of drug-likeness (QED) is 0.350. The number of thioether (sulfide) groups is 1. The van der Waals surface area contributed by atoms with Crippen LogP contribution in [0, 0.1) is 5.82 Å². The van der Waals surface area contributed by atoms with E-state index in [-0.39, 0.29) is 34.4 Å². The third-order valence-electron chi connectivity index (χ3n) is 4.67. The van der Waals surface area contributed by atoms with Crippen LogP contribution >= 0.6 is 34.4 Å². The SMILES string of the molecule is O=C(CSc1nnc(-c2ccccc2F)o1)N1N=C(c2cccs2)C[C@@H]1c1cccs1. The van der Waals surface area contributed by atoms with Crippen molar-refractivity contribution < 1.29 is 13.6 Å². The number of nitrogens with zero attached hydrogens (tertiary/aromatic N) is 4. The topological polar surface area (TPSA) is 71.6 Å². The molecule has 0 aliphatic carbocycles. The second kappa shape index (κ2) is 8.74. The molecular weight excluding hydrogens is 455 g/mol. The molecule has 1 aliphatic heterocycles. The first kappa shape index (κ1) is 20.1. The number of halogens is 1. The summed E-state index contributed by atoms with van der Waals surface area (Å²) in [5, 5.41) is 18.2. The summed E-state index contributed by atoms with van der Waals surface area (Å²) in [6, 6.07) is 14.1. The van der Waals surface area contributed by atoms with Gasteiger partial charge in [0.15, 0.2) is 0 Å². The van der Waals surface area contributed by atoms with Crippen molar-refractivity contribution in [1.29, 1.82) is 0 Å². The number of carbonyl (C=O) groups is 1. The van der Waals surface area contributed by atoms with E-state index in [4.69, 9.17) is 4.42 Å². The van der Waals surface area contributed by atoms with Crippen LogP contribution in [-0.2, 0) is 4.79 Å². The number of benzene rings is 1. The van der Waals surface area contributed by atoms with Gasteiger partial charge in [-0.1, -0.05) is 36.0 Å². The smallest absolute Gasteiger partial charge is 0.277 e. The molecule has 0 radical (unpaired) electrons. The molecule has 1 aromatic carbocycles. The summed E-state index contributed by atoms with van der Waals surface area (Å²) >= 11 is 4.34. The molecular formula is C21H15FN4O2S3. The van der Waals surface area contributed by atoms with Gasteiger partial charge in [-0.15, -0.1) is 32.9 Å². The zero-order valence-electron chi connectivity index (χ0n) is 16.0. The number of hydrogen-bond acceptors (Lipinski definition) is 8. The number of hydrazone groups is 1. The minimum absolute atomic E-state index is 0.0853. The van der Waals surface area contributed by atoms with Gasteiger partial charge in [0, 0.05) is 11.3 Å². The van der Waals surface area contributed by atoms with Crippen molar-refractivity contribution >= 4 is 46.1 Å². The highest BCUT2D eigenvalue weighted by molar-refractivity contribution is 7.99. The lowest BCUT2D eigenvalue weighted by molar-refractivity contribution is -0.130. The molecule has 0 fully saturated rings. The maximum absolute atomic E-state index is 13.9. The zero-order valence-corrected chi connectivity index (χ0v) is 18.4. The van der Waals surface area contributed by atoms with Gasteiger partial charge in [0.05, 0.1) is 27.9 Å². The average Bonchev–Trinajstić information content (AvgIpc) is 3.57. The minimum Gasteiger partial charge on any atom is -0.411 e. The molecule has 4 aromatic rings. The molecule has 0 saturated heterocycles. The molecule has 4 heterocycles. The van der Waals surface area contributed by atoms with E-state index in [0.717, 1.165) is 27.2 Å². The van der Waals surface area contributed by atoms with Crippen LogP contribution in [0.1, 0.15) is 22.2 Å². The van der Waals surface area contributed by atoms with E-state index in [9.17, 15) is 9.18 Å². The molecule has 0 spiro atoms. The van der Waals surface area contributed by atoms with Gasteiger partial charge in [-0.05, 0) is 35.0 Å². The second-order valence-corrected chi connectivity index (χ2v) is 9.49. The Kier molecular flexibility index (Phi) is 5.66. The largest absolute Gasteiger partial charge is 0.411 e. The van der Waals surface area contributed by atoms with E-state index in [1.165, 1.54) is 6.07 Å². The van der Waals surface area contributed by atoms with Crippen molar-refractivity contribution in [2.75, 3.05) is 5.75 Å². The Morgan fingerprint density at radius 2 is 1.97 bits per heavy atom. The lowest BCUT2D eigenvalue weighted by Crippen LogP contribution is -2.28. The Morgan fingerprint density at radius 3 is 2.74 bits per heavy atom. The molecule has 1 amide bonds. The lowest BCUT2D eigenvalue weighted by atomic mass is 10.1. The first-order chi connectivity index (χ1) is 15.2. The van der Waals surface area contributed by atoms with Gasteiger partial charge in [-0.2, -0.15) is 5.10 Å². The number of amides is 1. The summed E-state index contributed by atoms with van der Waals surface area (Å²) in [6.45, 7) is 0. The molecule has 0 N–H and O–H groups in total. The highest BCUT2D eigenvalue weighted by atomic mass is 32.2. The maximum atomic E-state index is 13.9. The Labute approximate surface area is 189 Å². The van der Waals surface area contributed by atoms with Crippen LogP contribution in [0.15, 0.2) is 74.0 Å². The summed E-state index contributed by atoms with van der Waals surface area (Å²) in [6.07, 6.45) is 0.676. The van der Waals surface area contributed by atoms with E-state index in [0.29, 0.717) is 6.42 Å². The van der Waals surface area contributed by atoms with Gasteiger partial charge in [0.2, 0.25) is 0 Å². The van der Waals surface area contributed by atoms with Crippen molar-refractivity contribution in [1.82, 2.24) is 15.2 Å². The molecule has 31 heavy (non-hydrogen) atoms. The lowest BCUT2D eigenvalue weighted by Gasteiger charge is -2.20. The summed E-state index contributed by atoms with van der Waals surface area (Å²) in [5.41, 5.74) is 1.14. The number of aromatic nitrogens is 2. The normalized spacial score (nSPS) is 16.0. The molecule has 5 rings (SSSR count). The fourth-order valence-corrected chi connectivity index (χ4v) is 5.38. The van der Waals surface area contributed by atoms with Crippen molar-refractivity contribution in [3.63, 3.8) is 0 Å². The van der Waals surface area contributed by atoms with Gasteiger partial charge in [0.1, 0.15) is 5.82 Å². The van der Waals surface area contributed by atoms with Crippen LogP contribution in [0.2, 0.25) is 0 Å². The fourth-order valence-electron chi connectivity index (χ4n) is 3.24. The Morgan fingerprint density at radius 1 is 1.13 bits per heavy atom. The number of hydrogen-bond donors (Lipinski definition) is 0. The summed E-state index contributed by atoms with van der Waals surface area (Å²) < 4.78 is 19.5. The fraction of sp³-hybridized carbons (Fsp3) is 0.143. The zero-order chi connectivity index (χ0) is 21.2. The number of thiophene rings is 2. The molecule has 0 saturated carbocycles. The Hall–Kier alpha value is -2.82. The highest BCUT2D eigenvalue weighted by Crippen LogP contribution is 2.36. The third kappa shape index (κ3) is 4.18. The van der Waals surface area contributed by atoms with Crippen molar-refractivity contribution in [2.45, 2.75) is 17.7 Å². The van der Waals surface area contributed by atoms with Crippen LogP contribution in [-0.4, -0.2) is 32.6 Å².